The molecule has 0 saturated carbocycles. The van der Waals surface area contributed by atoms with Crippen molar-refractivity contribution in [3.63, 3.8) is 0 Å². The van der Waals surface area contributed by atoms with Crippen LogP contribution in [0.5, 0.6) is 0 Å². The van der Waals surface area contributed by atoms with Crippen LogP contribution in [0.3, 0.4) is 0 Å². The number of pyridine rings is 1. The van der Waals surface area contributed by atoms with Crippen molar-refractivity contribution < 1.29 is 4.92 Å². The van der Waals surface area contributed by atoms with Gasteiger partial charge in [-0.3, -0.25) is 10.1 Å². The molecule has 0 amide bonds. The standard InChI is InChI=1S/C13H13N5O2/c1-3-10-6-11(4-2)17(16-10)13-12(18(19)20)5-9(7-14)8-15-13/h5-6,8H,3-4H2,1-2H3. The molecule has 0 aliphatic rings. The average Bonchev–Trinajstić information content (AvgIpc) is 2.89. The normalized spacial score (nSPS) is 10.2. The summed E-state index contributed by atoms with van der Waals surface area (Å²) in [4.78, 5) is 14.6. The van der Waals surface area contributed by atoms with Crippen LogP contribution >= 0.6 is 0 Å². The SMILES string of the molecule is CCc1cc(CC)n(-c2ncc(C#N)cc2[N+](=O)[O-])n1. The van der Waals surface area contributed by atoms with E-state index in [0.29, 0.717) is 6.42 Å². The number of hydrogen-bond acceptors (Lipinski definition) is 5. The first-order valence-corrected chi connectivity index (χ1v) is 6.23. The molecule has 0 radical (unpaired) electrons. The second-order valence-corrected chi connectivity index (χ2v) is 4.18. The van der Waals surface area contributed by atoms with Gasteiger partial charge >= 0.3 is 5.69 Å². The molecule has 0 N–H and O–H groups in total. The maximum atomic E-state index is 11.2. The molecule has 0 unspecified atom stereocenters. The Bertz CT molecular complexity index is 699. The molecule has 0 spiro atoms. The highest BCUT2D eigenvalue weighted by Gasteiger charge is 2.21. The Morgan fingerprint density at radius 1 is 1.40 bits per heavy atom. The number of rotatable bonds is 4. The zero-order valence-electron chi connectivity index (χ0n) is 11.2. The third-order valence-corrected chi connectivity index (χ3v) is 2.93. The third-order valence-electron chi connectivity index (χ3n) is 2.93. The number of nitrogens with zero attached hydrogens (tertiary/aromatic N) is 5. The lowest BCUT2D eigenvalue weighted by Crippen LogP contribution is -2.08. The minimum absolute atomic E-state index is 0.144. The van der Waals surface area contributed by atoms with Crippen LogP contribution in [0.2, 0.25) is 0 Å². The molecule has 0 aromatic carbocycles. The molecule has 0 fully saturated rings. The Morgan fingerprint density at radius 3 is 2.70 bits per heavy atom. The summed E-state index contributed by atoms with van der Waals surface area (Å²) in [6.45, 7) is 3.91. The zero-order chi connectivity index (χ0) is 14.7. The van der Waals surface area contributed by atoms with Gasteiger partial charge in [-0.05, 0) is 18.9 Å². The van der Waals surface area contributed by atoms with Crippen molar-refractivity contribution in [1.29, 1.82) is 5.26 Å². The van der Waals surface area contributed by atoms with E-state index in [2.05, 4.69) is 10.1 Å². The molecule has 2 heterocycles. The van der Waals surface area contributed by atoms with E-state index in [1.54, 1.807) is 0 Å². The fraction of sp³-hybridized carbons (Fsp3) is 0.308. The van der Waals surface area contributed by atoms with Gasteiger partial charge in [-0.15, -0.1) is 0 Å². The molecule has 2 rings (SSSR count). The van der Waals surface area contributed by atoms with Crippen molar-refractivity contribution in [2.24, 2.45) is 0 Å². The molecule has 0 aliphatic carbocycles. The van der Waals surface area contributed by atoms with Gasteiger partial charge in [0.25, 0.3) is 0 Å². The molecule has 2 aromatic rings. The van der Waals surface area contributed by atoms with Crippen molar-refractivity contribution in [3.8, 4) is 11.9 Å². The lowest BCUT2D eigenvalue weighted by molar-refractivity contribution is -0.385. The van der Waals surface area contributed by atoms with E-state index in [1.165, 1.54) is 16.9 Å². The first-order chi connectivity index (χ1) is 9.60. The number of aryl methyl sites for hydroxylation is 2. The predicted octanol–water partition coefficient (Wildman–Crippen LogP) is 2.17. The molecule has 102 valence electrons. The van der Waals surface area contributed by atoms with Crippen LogP contribution in [0.15, 0.2) is 18.3 Å². The summed E-state index contributed by atoms with van der Waals surface area (Å²) in [6, 6.07) is 4.97. The summed E-state index contributed by atoms with van der Waals surface area (Å²) in [5.41, 5.74) is 1.63. The third kappa shape index (κ3) is 2.36. The van der Waals surface area contributed by atoms with E-state index in [4.69, 9.17) is 5.26 Å². The van der Waals surface area contributed by atoms with Crippen LogP contribution in [0.4, 0.5) is 5.69 Å². The van der Waals surface area contributed by atoms with Crippen LogP contribution in [0.1, 0.15) is 30.8 Å². The molecule has 0 atom stereocenters. The van der Waals surface area contributed by atoms with Gasteiger partial charge in [0.15, 0.2) is 0 Å². The first-order valence-electron chi connectivity index (χ1n) is 6.23. The first kappa shape index (κ1) is 13.7. The fourth-order valence-electron chi connectivity index (χ4n) is 1.89. The summed E-state index contributed by atoms with van der Waals surface area (Å²) >= 11 is 0. The van der Waals surface area contributed by atoms with Gasteiger partial charge in [0.1, 0.15) is 6.07 Å². The van der Waals surface area contributed by atoms with Crippen molar-refractivity contribution in [2.75, 3.05) is 0 Å². The van der Waals surface area contributed by atoms with Gasteiger partial charge < -0.3 is 0 Å². The molecule has 7 nitrogen and oxygen atoms in total. The Balaban J connectivity index is 2.66. The van der Waals surface area contributed by atoms with E-state index in [0.717, 1.165) is 17.8 Å². The number of nitriles is 1. The number of hydrogen-bond donors (Lipinski definition) is 0. The van der Waals surface area contributed by atoms with Crippen LogP contribution in [-0.2, 0) is 12.8 Å². The Morgan fingerprint density at radius 2 is 2.15 bits per heavy atom. The van der Waals surface area contributed by atoms with E-state index in [9.17, 15) is 10.1 Å². The van der Waals surface area contributed by atoms with Gasteiger partial charge in [-0.2, -0.15) is 10.4 Å². The maximum absolute atomic E-state index is 11.2. The van der Waals surface area contributed by atoms with Gasteiger partial charge in [-0.25, -0.2) is 9.67 Å². The molecular formula is C13H13N5O2. The Hall–Kier alpha value is -2.75. The van der Waals surface area contributed by atoms with Crippen LogP contribution in [0, 0.1) is 21.4 Å². The second-order valence-electron chi connectivity index (χ2n) is 4.18. The van der Waals surface area contributed by atoms with Gasteiger partial charge in [0, 0.05) is 18.0 Å². The summed E-state index contributed by atoms with van der Waals surface area (Å²) in [5.74, 6) is 0.144. The molecule has 0 saturated heterocycles. The Kier molecular flexibility index (Phi) is 3.75. The summed E-state index contributed by atoms with van der Waals surface area (Å²) in [5, 5.41) is 24.3. The monoisotopic (exact) mass is 271 g/mol. The lowest BCUT2D eigenvalue weighted by atomic mass is 10.2. The minimum atomic E-state index is -0.546. The fourth-order valence-corrected chi connectivity index (χ4v) is 1.89. The highest BCUT2D eigenvalue weighted by molar-refractivity contribution is 5.51. The van der Waals surface area contributed by atoms with Gasteiger partial charge in [0.05, 0.1) is 16.2 Å². The Labute approximate surface area is 115 Å². The second kappa shape index (κ2) is 5.48. The molecule has 0 aliphatic heterocycles. The molecule has 7 heteroatoms. The van der Waals surface area contributed by atoms with E-state index >= 15 is 0 Å². The molecular weight excluding hydrogens is 258 g/mol. The highest BCUT2D eigenvalue weighted by Crippen LogP contribution is 2.23. The summed E-state index contributed by atoms with van der Waals surface area (Å²) < 4.78 is 1.48. The van der Waals surface area contributed by atoms with Crippen molar-refractivity contribution in [2.45, 2.75) is 26.7 Å². The van der Waals surface area contributed by atoms with Crippen molar-refractivity contribution in [1.82, 2.24) is 14.8 Å². The van der Waals surface area contributed by atoms with Crippen LogP contribution in [0.25, 0.3) is 5.82 Å². The minimum Gasteiger partial charge on any atom is -0.258 e. The predicted molar refractivity (Wildman–Crippen MR) is 71.5 cm³/mol. The van der Waals surface area contributed by atoms with Crippen LogP contribution < -0.4 is 0 Å². The van der Waals surface area contributed by atoms with E-state index < -0.39 is 4.92 Å². The largest absolute Gasteiger partial charge is 0.315 e. The topological polar surface area (TPSA) is 97.6 Å². The van der Waals surface area contributed by atoms with Crippen LogP contribution in [-0.4, -0.2) is 19.7 Å². The average molecular weight is 271 g/mol. The molecule has 0 bridgehead atoms. The van der Waals surface area contributed by atoms with Crippen molar-refractivity contribution in [3.05, 3.63) is 45.4 Å². The molecule has 20 heavy (non-hydrogen) atoms. The number of aromatic nitrogens is 3. The summed E-state index contributed by atoms with van der Waals surface area (Å²) in [6.07, 6.45) is 2.74. The lowest BCUT2D eigenvalue weighted by Gasteiger charge is -2.05. The highest BCUT2D eigenvalue weighted by atomic mass is 16.6. The van der Waals surface area contributed by atoms with Crippen molar-refractivity contribution >= 4 is 5.69 Å². The quantitative estimate of drug-likeness (QED) is 0.627. The van der Waals surface area contributed by atoms with Gasteiger partial charge in [0.2, 0.25) is 5.82 Å². The van der Waals surface area contributed by atoms with E-state index in [-0.39, 0.29) is 17.1 Å². The van der Waals surface area contributed by atoms with E-state index in [1.807, 2.05) is 26.0 Å². The molecule has 2 aromatic heterocycles. The maximum Gasteiger partial charge on any atom is 0.315 e. The zero-order valence-corrected chi connectivity index (χ0v) is 11.2. The summed E-state index contributed by atoms with van der Waals surface area (Å²) in [7, 11) is 0. The number of nitro groups is 1. The van der Waals surface area contributed by atoms with Gasteiger partial charge in [-0.1, -0.05) is 13.8 Å². The smallest absolute Gasteiger partial charge is 0.258 e.